The normalized spacial score (nSPS) is 26.5. The highest BCUT2D eigenvalue weighted by Crippen LogP contribution is 2.56. The molecule has 1 N–H and O–H groups in total. The highest BCUT2D eigenvalue weighted by molar-refractivity contribution is 5.58. The van der Waals surface area contributed by atoms with E-state index in [2.05, 4.69) is 0 Å². The predicted molar refractivity (Wildman–Crippen MR) is 63.8 cm³/mol. The van der Waals surface area contributed by atoms with Crippen molar-refractivity contribution in [2.75, 3.05) is 21.3 Å². The van der Waals surface area contributed by atoms with Gasteiger partial charge in [0.05, 0.1) is 26.9 Å². The summed E-state index contributed by atoms with van der Waals surface area (Å²) in [5.74, 6) is 1.93. The molecule has 0 amide bonds. The van der Waals surface area contributed by atoms with Gasteiger partial charge in [0.25, 0.3) is 0 Å². The Bertz CT molecular complexity index is 430. The molecule has 2 unspecified atom stereocenters. The number of hydrogen-bond acceptors (Lipinski definition) is 4. The summed E-state index contributed by atoms with van der Waals surface area (Å²) in [5.41, 5.74) is -0.0182. The van der Waals surface area contributed by atoms with Gasteiger partial charge in [-0.05, 0) is 24.5 Å². The van der Waals surface area contributed by atoms with Crippen molar-refractivity contribution in [2.24, 2.45) is 5.92 Å². The average Bonchev–Trinajstić information content (AvgIpc) is 2.96. The lowest BCUT2D eigenvalue weighted by molar-refractivity contribution is 0.130. The summed E-state index contributed by atoms with van der Waals surface area (Å²) in [6, 6.07) is 3.63. The lowest BCUT2D eigenvalue weighted by atomic mass is 10.0. The Morgan fingerprint density at radius 1 is 1.12 bits per heavy atom. The summed E-state index contributed by atoms with van der Waals surface area (Å²) in [5, 5.41) is 10.4. The van der Waals surface area contributed by atoms with Crippen LogP contribution in [-0.2, 0) is 5.60 Å². The molecule has 0 heterocycles. The summed E-state index contributed by atoms with van der Waals surface area (Å²) < 4.78 is 15.9. The van der Waals surface area contributed by atoms with E-state index >= 15 is 0 Å². The first-order chi connectivity index (χ1) is 8.08. The first kappa shape index (κ1) is 12.0. The standard InChI is InChI=1S/C13H18O4/c1-8-7-13(8,14)9-5-6-10(15-2)12(17-4)11(9)16-3/h5-6,8,14H,7H2,1-4H3. The molecule has 1 aliphatic rings. The molecule has 1 saturated carbocycles. The molecule has 0 aromatic heterocycles. The van der Waals surface area contributed by atoms with Crippen LogP contribution in [0.5, 0.6) is 17.2 Å². The number of ether oxygens (including phenoxy) is 3. The lowest BCUT2D eigenvalue weighted by Crippen LogP contribution is -2.10. The third-order valence-corrected chi connectivity index (χ3v) is 3.44. The fourth-order valence-corrected chi connectivity index (χ4v) is 2.23. The van der Waals surface area contributed by atoms with Crippen LogP contribution in [0, 0.1) is 5.92 Å². The van der Waals surface area contributed by atoms with Crippen LogP contribution in [0.15, 0.2) is 12.1 Å². The van der Waals surface area contributed by atoms with Crippen LogP contribution in [-0.4, -0.2) is 26.4 Å². The number of rotatable bonds is 4. The van der Waals surface area contributed by atoms with Crippen molar-refractivity contribution in [3.05, 3.63) is 17.7 Å². The SMILES string of the molecule is COc1ccc(C2(O)CC2C)c(OC)c1OC. The monoisotopic (exact) mass is 238 g/mol. The van der Waals surface area contributed by atoms with Crippen LogP contribution in [0.4, 0.5) is 0 Å². The minimum atomic E-state index is -0.787. The van der Waals surface area contributed by atoms with E-state index < -0.39 is 5.60 Å². The molecule has 17 heavy (non-hydrogen) atoms. The van der Waals surface area contributed by atoms with E-state index in [1.54, 1.807) is 27.4 Å². The Morgan fingerprint density at radius 2 is 1.71 bits per heavy atom. The Labute approximate surface area is 101 Å². The molecule has 0 saturated heterocycles. The van der Waals surface area contributed by atoms with Crippen LogP contribution < -0.4 is 14.2 Å². The van der Waals surface area contributed by atoms with Crippen LogP contribution >= 0.6 is 0 Å². The Hall–Kier alpha value is -1.42. The Morgan fingerprint density at radius 3 is 2.12 bits per heavy atom. The molecular formula is C13H18O4. The van der Waals surface area contributed by atoms with Crippen molar-refractivity contribution in [3.63, 3.8) is 0 Å². The van der Waals surface area contributed by atoms with Crippen LogP contribution in [0.25, 0.3) is 0 Å². The summed E-state index contributed by atoms with van der Waals surface area (Å²) in [6.07, 6.45) is 0.749. The lowest BCUT2D eigenvalue weighted by Gasteiger charge is -2.19. The molecule has 94 valence electrons. The van der Waals surface area contributed by atoms with Gasteiger partial charge in [-0.1, -0.05) is 6.92 Å². The number of methoxy groups -OCH3 is 3. The topological polar surface area (TPSA) is 47.9 Å². The minimum absolute atomic E-state index is 0.245. The van der Waals surface area contributed by atoms with Gasteiger partial charge >= 0.3 is 0 Å². The van der Waals surface area contributed by atoms with Gasteiger partial charge in [0.2, 0.25) is 5.75 Å². The highest BCUT2D eigenvalue weighted by atomic mass is 16.5. The molecule has 0 bridgehead atoms. The molecule has 4 nitrogen and oxygen atoms in total. The maximum atomic E-state index is 10.4. The second-order valence-corrected chi connectivity index (χ2v) is 4.41. The molecule has 1 fully saturated rings. The second-order valence-electron chi connectivity index (χ2n) is 4.41. The van der Waals surface area contributed by atoms with E-state index in [0.29, 0.717) is 17.2 Å². The fraction of sp³-hybridized carbons (Fsp3) is 0.538. The molecule has 1 aromatic rings. The molecule has 4 heteroatoms. The zero-order chi connectivity index (χ0) is 12.6. The van der Waals surface area contributed by atoms with Crippen molar-refractivity contribution >= 4 is 0 Å². The largest absolute Gasteiger partial charge is 0.493 e. The zero-order valence-corrected chi connectivity index (χ0v) is 10.6. The average molecular weight is 238 g/mol. The Balaban J connectivity index is 2.54. The van der Waals surface area contributed by atoms with E-state index in [1.165, 1.54) is 0 Å². The molecule has 0 aliphatic heterocycles. The number of hydrogen-bond donors (Lipinski definition) is 1. The molecule has 2 rings (SSSR count). The quantitative estimate of drug-likeness (QED) is 0.870. The van der Waals surface area contributed by atoms with Crippen molar-refractivity contribution < 1.29 is 19.3 Å². The number of aliphatic hydroxyl groups is 1. The van der Waals surface area contributed by atoms with Crippen LogP contribution in [0.2, 0.25) is 0 Å². The molecular weight excluding hydrogens is 220 g/mol. The summed E-state index contributed by atoms with van der Waals surface area (Å²) in [7, 11) is 4.70. The van der Waals surface area contributed by atoms with Gasteiger partial charge in [0.15, 0.2) is 11.5 Å². The third kappa shape index (κ3) is 1.72. The molecule has 0 spiro atoms. The van der Waals surface area contributed by atoms with Crippen molar-refractivity contribution in [2.45, 2.75) is 18.9 Å². The van der Waals surface area contributed by atoms with Crippen LogP contribution in [0.1, 0.15) is 18.9 Å². The van der Waals surface area contributed by atoms with Crippen molar-refractivity contribution in [1.29, 1.82) is 0 Å². The van der Waals surface area contributed by atoms with Crippen molar-refractivity contribution in [1.82, 2.24) is 0 Å². The van der Waals surface area contributed by atoms with Crippen molar-refractivity contribution in [3.8, 4) is 17.2 Å². The van der Waals surface area contributed by atoms with Gasteiger partial charge in [-0.25, -0.2) is 0 Å². The van der Waals surface area contributed by atoms with Gasteiger partial charge in [-0.2, -0.15) is 0 Å². The molecule has 0 radical (unpaired) electrons. The highest BCUT2D eigenvalue weighted by Gasteiger charge is 2.53. The summed E-state index contributed by atoms with van der Waals surface area (Å²) in [4.78, 5) is 0. The van der Waals surface area contributed by atoms with Gasteiger partial charge in [-0.15, -0.1) is 0 Å². The number of benzene rings is 1. The van der Waals surface area contributed by atoms with E-state index in [9.17, 15) is 5.11 Å². The minimum Gasteiger partial charge on any atom is -0.493 e. The second kappa shape index (κ2) is 4.11. The third-order valence-electron chi connectivity index (χ3n) is 3.44. The smallest absolute Gasteiger partial charge is 0.203 e. The van der Waals surface area contributed by atoms with E-state index in [0.717, 1.165) is 12.0 Å². The first-order valence-electron chi connectivity index (χ1n) is 5.60. The van der Waals surface area contributed by atoms with Gasteiger partial charge in [0.1, 0.15) is 0 Å². The van der Waals surface area contributed by atoms with Crippen LogP contribution in [0.3, 0.4) is 0 Å². The maximum absolute atomic E-state index is 10.4. The van der Waals surface area contributed by atoms with Gasteiger partial charge in [0, 0.05) is 5.56 Å². The van der Waals surface area contributed by atoms with E-state index in [1.807, 2.05) is 13.0 Å². The maximum Gasteiger partial charge on any atom is 0.203 e. The summed E-state index contributed by atoms with van der Waals surface area (Å²) >= 11 is 0. The Kier molecular flexibility index (Phi) is 2.91. The summed E-state index contributed by atoms with van der Waals surface area (Å²) in [6.45, 7) is 2.01. The van der Waals surface area contributed by atoms with Gasteiger partial charge in [-0.3, -0.25) is 0 Å². The predicted octanol–water partition coefficient (Wildman–Crippen LogP) is 1.94. The molecule has 2 atom stereocenters. The van der Waals surface area contributed by atoms with Gasteiger partial charge < -0.3 is 19.3 Å². The molecule has 1 aliphatic carbocycles. The van der Waals surface area contributed by atoms with E-state index in [-0.39, 0.29) is 5.92 Å². The fourth-order valence-electron chi connectivity index (χ4n) is 2.23. The zero-order valence-electron chi connectivity index (χ0n) is 10.6. The van der Waals surface area contributed by atoms with E-state index in [4.69, 9.17) is 14.2 Å². The molecule has 1 aromatic carbocycles. The first-order valence-corrected chi connectivity index (χ1v) is 5.60.